The highest BCUT2D eigenvalue weighted by Crippen LogP contribution is 2.39. The molecule has 0 bridgehead atoms. The van der Waals surface area contributed by atoms with Gasteiger partial charge in [0.15, 0.2) is 11.5 Å². The Kier molecular flexibility index (Phi) is 5.30. The van der Waals surface area contributed by atoms with Gasteiger partial charge in [0.25, 0.3) is 5.69 Å². The molecule has 7 nitrogen and oxygen atoms in total. The van der Waals surface area contributed by atoms with Crippen molar-refractivity contribution < 1.29 is 23.9 Å². The molecule has 0 N–H and O–H groups in total. The van der Waals surface area contributed by atoms with Gasteiger partial charge < -0.3 is 14.2 Å². The van der Waals surface area contributed by atoms with Gasteiger partial charge in [-0.15, -0.1) is 11.8 Å². The van der Waals surface area contributed by atoms with E-state index in [1.165, 1.54) is 23.9 Å². The van der Waals surface area contributed by atoms with Crippen LogP contribution in [0, 0.1) is 10.1 Å². The van der Waals surface area contributed by atoms with E-state index in [4.69, 9.17) is 25.8 Å². The van der Waals surface area contributed by atoms with Crippen LogP contribution in [0.1, 0.15) is 5.56 Å². The number of ether oxygens (including phenoxy) is 3. The molecule has 0 saturated heterocycles. The van der Waals surface area contributed by atoms with Gasteiger partial charge in [0.05, 0.1) is 15.7 Å². The Morgan fingerprint density at radius 1 is 1.28 bits per heavy atom. The van der Waals surface area contributed by atoms with Gasteiger partial charge in [-0.25, -0.2) is 0 Å². The number of thioether (sulfide) groups is 1. The maximum Gasteiger partial charge on any atom is 0.316 e. The summed E-state index contributed by atoms with van der Waals surface area (Å²) in [5.41, 5.74) is 0.703. The fourth-order valence-electron chi connectivity index (χ4n) is 2.12. The third kappa shape index (κ3) is 4.34. The van der Waals surface area contributed by atoms with Crippen LogP contribution in [0.4, 0.5) is 5.69 Å². The fraction of sp³-hybridized carbons (Fsp3) is 0.188. The first-order valence-corrected chi connectivity index (χ1v) is 8.50. The Morgan fingerprint density at radius 3 is 2.76 bits per heavy atom. The van der Waals surface area contributed by atoms with Crippen molar-refractivity contribution in [2.75, 3.05) is 12.5 Å². The number of benzene rings is 2. The second kappa shape index (κ2) is 7.62. The molecule has 9 heteroatoms. The van der Waals surface area contributed by atoms with Crippen LogP contribution in [-0.2, 0) is 16.1 Å². The highest BCUT2D eigenvalue weighted by atomic mass is 35.5. The van der Waals surface area contributed by atoms with E-state index in [0.29, 0.717) is 22.1 Å². The summed E-state index contributed by atoms with van der Waals surface area (Å²) < 4.78 is 15.7. The highest BCUT2D eigenvalue weighted by Gasteiger charge is 2.18. The van der Waals surface area contributed by atoms with E-state index in [1.54, 1.807) is 24.3 Å². The number of nitro benzene ring substituents is 1. The van der Waals surface area contributed by atoms with Crippen molar-refractivity contribution in [1.82, 2.24) is 0 Å². The van der Waals surface area contributed by atoms with Crippen molar-refractivity contribution in [2.45, 2.75) is 11.5 Å². The minimum atomic E-state index is -0.473. The predicted octanol–water partition coefficient (Wildman–Crippen LogP) is 3.81. The molecule has 3 rings (SSSR count). The zero-order valence-corrected chi connectivity index (χ0v) is 14.3. The zero-order valence-electron chi connectivity index (χ0n) is 12.8. The molecule has 0 aliphatic carbocycles. The first-order chi connectivity index (χ1) is 12.0. The number of carbonyl (C=O) groups excluding carboxylic acids is 1. The van der Waals surface area contributed by atoms with Gasteiger partial charge in [0, 0.05) is 17.0 Å². The minimum Gasteiger partial charge on any atom is -0.460 e. The number of carbonyl (C=O) groups is 1. The van der Waals surface area contributed by atoms with Crippen molar-refractivity contribution in [3.63, 3.8) is 0 Å². The lowest BCUT2D eigenvalue weighted by atomic mass is 10.2. The molecule has 1 aliphatic heterocycles. The number of hydrogen-bond acceptors (Lipinski definition) is 7. The molecular formula is C16H12ClNO6S. The van der Waals surface area contributed by atoms with Crippen LogP contribution in [0.2, 0.25) is 5.02 Å². The van der Waals surface area contributed by atoms with Gasteiger partial charge in [-0.05, 0) is 29.8 Å². The quantitative estimate of drug-likeness (QED) is 0.325. The summed E-state index contributed by atoms with van der Waals surface area (Å²) >= 11 is 7.31. The average molecular weight is 382 g/mol. The van der Waals surface area contributed by atoms with Crippen LogP contribution in [0.15, 0.2) is 41.3 Å². The number of fused-ring (bicyclic) bond motifs is 1. The van der Waals surface area contributed by atoms with Crippen LogP contribution in [-0.4, -0.2) is 23.4 Å². The van der Waals surface area contributed by atoms with Crippen LogP contribution >= 0.6 is 23.4 Å². The molecule has 0 amide bonds. The normalized spacial score (nSPS) is 12.0. The van der Waals surface area contributed by atoms with Crippen molar-refractivity contribution in [2.24, 2.45) is 0 Å². The molecule has 0 fully saturated rings. The minimum absolute atomic E-state index is 0.00612. The van der Waals surface area contributed by atoms with Gasteiger partial charge in [0.1, 0.15) is 6.61 Å². The van der Waals surface area contributed by atoms with Gasteiger partial charge in [-0.3, -0.25) is 14.9 Å². The lowest BCUT2D eigenvalue weighted by Gasteiger charge is -2.07. The smallest absolute Gasteiger partial charge is 0.316 e. The summed E-state index contributed by atoms with van der Waals surface area (Å²) in [4.78, 5) is 22.7. The topological polar surface area (TPSA) is 87.9 Å². The largest absolute Gasteiger partial charge is 0.460 e. The summed E-state index contributed by atoms with van der Waals surface area (Å²) in [5.74, 6) is 0.706. The van der Waals surface area contributed by atoms with E-state index >= 15 is 0 Å². The average Bonchev–Trinajstić information content (AvgIpc) is 3.07. The molecule has 0 saturated carbocycles. The van der Waals surface area contributed by atoms with Crippen molar-refractivity contribution in [3.05, 3.63) is 57.1 Å². The second-order valence-electron chi connectivity index (χ2n) is 5.01. The second-order valence-corrected chi connectivity index (χ2v) is 6.47. The van der Waals surface area contributed by atoms with E-state index in [1.807, 2.05) is 0 Å². The molecule has 130 valence electrons. The van der Waals surface area contributed by atoms with Crippen LogP contribution < -0.4 is 9.47 Å². The molecule has 0 unspecified atom stereocenters. The van der Waals surface area contributed by atoms with E-state index in [-0.39, 0.29) is 24.8 Å². The Balaban J connectivity index is 1.50. The molecule has 1 aliphatic rings. The Bertz CT molecular complexity index is 811. The highest BCUT2D eigenvalue weighted by molar-refractivity contribution is 8.00. The molecule has 0 spiro atoms. The molecule has 2 aromatic rings. The molecule has 1 heterocycles. The van der Waals surface area contributed by atoms with Gasteiger partial charge in [-0.1, -0.05) is 11.6 Å². The van der Waals surface area contributed by atoms with Gasteiger partial charge >= 0.3 is 5.97 Å². The first kappa shape index (κ1) is 17.4. The Labute approximate surface area is 152 Å². The Morgan fingerprint density at radius 2 is 2.04 bits per heavy atom. The predicted molar refractivity (Wildman–Crippen MR) is 91.2 cm³/mol. The number of halogens is 1. The monoisotopic (exact) mass is 381 g/mol. The number of nitro groups is 1. The van der Waals surface area contributed by atoms with Crippen molar-refractivity contribution in [3.8, 4) is 11.5 Å². The third-order valence-electron chi connectivity index (χ3n) is 3.29. The summed E-state index contributed by atoms with van der Waals surface area (Å²) in [5, 5.41) is 11.0. The summed E-state index contributed by atoms with van der Waals surface area (Å²) in [6.07, 6.45) is 0. The fourth-order valence-corrected chi connectivity index (χ4v) is 3.10. The van der Waals surface area contributed by atoms with Gasteiger partial charge in [0.2, 0.25) is 6.79 Å². The van der Waals surface area contributed by atoms with Crippen LogP contribution in [0.25, 0.3) is 0 Å². The van der Waals surface area contributed by atoms with E-state index in [0.717, 1.165) is 4.90 Å². The maximum absolute atomic E-state index is 11.8. The molecule has 0 radical (unpaired) electrons. The summed E-state index contributed by atoms with van der Waals surface area (Å²) in [7, 11) is 0. The van der Waals surface area contributed by atoms with Crippen molar-refractivity contribution in [1.29, 1.82) is 0 Å². The molecular weight excluding hydrogens is 370 g/mol. The zero-order chi connectivity index (χ0) is 17.8. The molecule has 0 atom stereocenters. The van der Waals surface area contributed by atoms with E-state index < -0.39 is 10.9 Å². The summed E-state index contributed by atoms with van der Waals surface area (Å²) in [6.45, 7) is 0.181. The standard InChI is InChI=1S/C16H12ClNO6S/c17-13-5-10(6-14-16(13)24-9-23-14)7-22-15(19)8-25-12-3-1-11(2-4-12)18(20)21/h1-6H,7-9H2. The van der Waals surface area contributed by atoms with Gasteiger partial charge in [-0.2, -0.15) is 0 Å². The first-order valence-electron chi connectivity index (χ1n) is 7.14. The molecule has 0 aromatic heterocycles. The number of rotatable bonds is 6. The third-order valence-corrected chi connectivity index (χ3v) is 4.56. The lowest BCUT2D eigenvalue weighted by Crippen LogP contribution is -2.07. The maximum atomic E-state index is 11.8. The SMILES string of the molecule is O=C(CSc1ccc([N+](=O)[O-])cc1)OCc1cc(Cl)c2c(c1)OCO2. The number of nitrogens with zero attached hydrogens (tertiary/aromatic N) is 1. The van der Waals surface area contributed by atoms with E-state index in [2.05, 4.69) is 0 Å². The number of non-ortho nitro benzene ring substituents is 1. The van der Waals surface area contributed by atoms with Crippen LogP contribution in [0.5, 0.6) is 11.5 Å². The number of esters is 1. The van der Waals surface area contributed by atoms with Crippen molar-refractivity contribution >= 4 is 35.0 Å². The van der Waals surface area contributed by atoms with E-state index in [9.17, 15) is 14.9 Å². The van der Waals surface area contributed by atoms with Crippen LogP contribution in [0.3, 0.4) is 0 Å². The number of hydrogen-bond donors (Lipinski definition) is 0. The summed E-state index contributed by atoms with van der Waals surface area (Å²) in [6, 6.07) is 9.34. The molecule has 25 heavy (non-hydrogen) atoms. The Hall–Kier alpha value is -2.45. The molecule has 2 aromatic carbocycles. The lowest BCUT2D eigenvalue weighted by molar-refractivity contribution is -0.384.